The average Bonchev–Trinajstić information content (AvgIpc) is 2.01. The molecular formula is C10H21N3. The summed E-state index contributed by atoms with van der Waals surface area (Å²) in [5, 5.41) is 0. The summed E-state index contributed by atoms with van der Waals surface area (Å²) < 4.78 is 0. The van der Waals surface area contributed by atoms with Gasteiger partial charge in [-0.15, -0.1) is 0 Å². The summed E-state index contributed by atoms with van der Waals surface area (Å²) in [5.74, 6) is 0.843. The predicted molar refractivity (Wildman–Crippen MR) is 58.5 cm³/mol. The van der Waals surface area contributed by atoms with Gasteiger partial charge in [0.1, 0.15) is 0 Å². The van der Waals surface area contributed by atoms with Gasteiger partial charge >= 0.3 is 0 Å². The standard InChI is InChI=1S/C10H21N3/c1-9(2)7-5-3-4-6-8-13-10(11)12/h5,7,9H,3-4,6,8H2,1-2H3,(H4,11,12,13). The van der Waals surface area contributed by atoms with Crippen molar-refractivity contribution in [3.63, 3.8) is 0 Å². The van der Waals surface area contributed by atoms with Crippen LogP contribution >= 0.6 is 0 Å². The highest BCUT2D eigenvalue weighted by Gasteiger charge is 1.86. The molecule has 0 saturated heterocycles. The molecule has 0 unspecified atom stereocenters. The first-order chi connectivity index (χ1) is 6.13. The number of aliphatic imine (C=N–C) groups is 1. The summed E-state index contributed by atoms with van der Waals surface area (Å²) in [6.45, 7) is 5.10. The number of allylic oxidation sites excluding steroid dienone is 2. The smallest absolute Gasteiger partial charge is 0.185 e. The Labute approximate surface area is 80.9 Å². The maximum absolute atomic E-state index is 5.19. The first kappa shape index (κ1) is 12.0. The Hall–Kier alpha value is -0.990. The van der Waals surface area contributed by atoms with E-state index in [0.717, 1.165) is 25.8 Å². The number of nitrogens with two attached hydrogens (primary N) is 2. The number of nitrogens with zero attached hydrogens (tertiary/aromatic N) is 1. The van der Waals surface area contributed by atoms with Gasteiger partial charge in [-0.05, 0) is 25.2 Å². The van der Waals surface area contributed by atoms with Gasteiger partial charge in [-0.2, -0.15) is 0 Å². The Kier molecular flexibility index (Phi) is 7.07. The maximum Gasteiger partial charge on any atom is 0.185 e. The minimum absolute atomic E-state index is 0.192. The third-order valence-corrected chi connectivity index (χ3v) is 1.59. The van der Waals surface area contributed by atoms with Crippen molar-refractivity contribution in [1.82, 2.24) is 0 Å². The second-order valence-electron chi connectivity index (χ2n) is 3.47. The van der Waals surface area contributed by atoms with Crippen LogP contribution in [0, 0.1) is 5.92 Å². The summed E-state index contributed by atoms with van der Waals surface area (Å²) in [6, 6.07) is 0. The third-order valence-electron chi connectivity index (χ3n) is 1.59. The number of unbranched alkanes of at least 4 members (excludes halogenated alkanes) is 2. The second-order valence-corrected chi connectivity index (χ2v) is 3.47. The molecule has 0 bridgehead atoms. The van der Waals surface area contributed by atoms with Crippen LogP contribution in [-0.4, -0.2) is 12.5 Å². The fourth-order valence-corrected chi connectivity index (χ4v) is 0.951. The normalized spacial score (nSPS) is 11.0. The topological polar surface area (TPSA) is 64.4 Å². The van der Waals surface area contributed by atoms with E-state index >= 15 is 0 Å². The Bertz CT molecular complexity index is 167. The first-order valence-electron chi connectivity index (χ1n) is 4.85. The lowest BCUT2D eigenvalue weighted by Gasteiger charge is -1.95. The zero-order valence-corrected chi connectivity index (χ0v) is 8.66. The number of guanidine groups is 1. The van der Waals surface area contributed by atoms with Crippen molar-refractivity contribution in [3.05, 3.63) is 12.2 Å². The van der Waals surface area contributed by atoms with Crippen LogP contribution in [-0.2, 0) is 0 Å². The molecule has 0 atom stereocenters. The predicted octanol–water partition coefficient (Wildman–Crippen LogP) is 1.64. The largest absolute Gasteiger partial charge is 0.370 e. The lowest BCUT2D eigenvalue weighted by molar-refractivity contribution is 0.749. The molecule has 0 aromatic heterocycles. The van der Waals surface area contributed by atoms with E-state index in [1.807, 2.05) is 0 Å². The molecular weight excluding hydrogens is 162 g/mol. The monoisotopic (exact) mass is 183 g/mol. The molecule has 0 aliphatic rings. The van der Waals surface area contributed by atoms with Gasteiger partial charge in [0.05, 0.1) is 0 Å². The molecule has 0 aromatic rings. The first-order valence-corrected chi connectivity index (χ1v) is 4.85. The van der Waals surface area contributed by atoms with Crippen molar-refractivity contribution in [2.75, 3.05) is 6.54 Å². The molecule has 0 rings (SSSR count). The lowest BCUT2D eigenvalue weighted by Crippen LogP contribution is -2.22. The summed E-state index contributed by atoms with van der Waals surface area (Å²) in [7, 11) is 0. The Morgan fingerprint density at radius 1 is 1.31 bits per heavy atom. The van der Waals surface area contributed by atoms with Crippen molar-refractivity contribution in [3.8, 4) is 0 Å². The molecule has 76 valence electrons. The van der Waals surface area contributed by atoms with Crippen LogP contribution in [0.2, 0.25) is 0 Å². The van der Waals surface area contributed by atoms with E-state index < -0.39 is 0 Å². The van der Waals surface area contributed by atoms with E-state index in [9.17, 15) is 0 Å². The van der Waals surface area contributed by atoms with E-state index in [2.05, 4.69) is 31.0 Å². The van der Waals surface area contributed by atoms with Crippen molar-refractivity contribution >= 4 is 5.96 Å². The highest BCUT2D eigenvalue weighted by atomic mass is 15.0. The molecule has 3 heteroatoms. The van der Waals surface area contributed by atoms with Crippen LogP contribution in [0.25, 0.3) is 0 Å². The quantitative estimate of drug-likeness (QED) is 0.284. The van der Waals surface area contributed by atoms with Gasteiger partial charge in [0, 0.05) is 6.54 Å². The summed E-state index contributed by atoms with van der Waals surface area (Å²) in [4.78, 5) is 3.91. The van der Waals surface area contributed by atoms with Crippen LogP contribution in [0.15, 0.2) is 17.1 Å². The van der Waals surface area contributed by atoms with Gasteiger partial charge < -0.3 is 11.5 Å². The van der Waals surface area contributed by atoms with E-state index in [-0.39, 0.29) is 5.96 Å². The Balaban J connectivity index is 3.22. The number of hydrogen-bond acceptors (Lipinski definition) is 1. The van der Waals surface area contributed by atoms with Crippen LogP contribution in [0.4, 0.5) is 0 Å². The fraction of sp³-hybridized carbons (Fsp3) is 0.700. The highest BCUT2D eigenvalue weighted by Crippen LogP contribution is 2.00. The van der Waals surface area contributed by atoms with Gasteiger partial charge in [-0.3, -0.25) is 4.99 Å². The molecule has 0 saturated carbocycles. The summed E-state index contributed by atoms with van der Waals surface area (Å²) >= 11 is 0. The van der Waals surface area contributed by atoms with E-state index in [0.29, 0.717) is 5.92 Å². The van der Waals surface area contributed by atoms with Crippen LogP contribution in [0.3, 0.4) is 0 Å². The van der Waals surface area contributed by atoms with Crippen molar-refractivity contribution in [2.24, 2.45) is 22.4 Å². The minimum atomic E-state index is 0.192. The summed E-state index contributed by atoms with van der Waals surface area (Å²) in [5.41, 5.74) is 10.4. The highest BCUT2D eigenvalue weighted by molar-refractivity contribution is 5.75. The molecule has 0 amide bonds. The molecule has 0 spiro atoms. The minimum Gasteiger partial charge on any atom is -0.370 e. The Morgan fingerprint density at radius 3 is 2.54 bits per heavy atom. The van der Waals surface area contributed by atoms with Gasteiger partial charge in [0.15, 0.2) is 5.96 Å². The van der Waals surface area contributed by atoms with E-state index in [1.165, 1.54) is 0 Å². The van der Waals surface area contributed by atoms with Gasteiger partial charge in [0.25, 0.3) is 0 Å². The van der Waals surface area contributed by atoms with Gasteiger partial charge in [-0.1, -0.05) is 26.0 Å². The molecule has 0 radical (unpaired) electrons. The van der Waals surface area contributed by atoms with Crippen LogP contribution in [0.1, 0.15) is 33.1 Å². The van der Waals surface area contributed by atoms with Gasteiger partial charge in [-0.25, -0.2) is 0 Å². The van der Waals surface area contributed by atoms with Crippen molar-refractivity contribution in [1.29, 1.82) is 0 Å². The molecule has 0 heterocycles. The van der Waals surface area contributed by atoms with E-state index in [1.54, 1.807) is 0 Å². The SMILES string of the molecule is CC(C)C=CCCCCN=C(N)N. The molecule has 13 heavy (non-hydrogen) atoms. The fourth-order valence-electron chi connectivity index (χ4n) is 0.951. The van der Waals surface area contributed by atoms with Crippen LogP contribution < -0.4 is 11.5 Å². The molecule has 4 N–H and O–H groups in total. The number of rotatable bonds is 6. The molecule has 0 aromatic carbocycles. The third kappa shape index (κ3) is 11.0. The van der Waals surface area contributed by atoms with E-state index in [4.69, 9.17) is 11.5 Å². The van der Waals surface area contributed by atoms with Crippen molar-refractivity contribution < 1.29 is 0 Å². The molecule has 0 fully saturated rings. The molecule has 0 aliphatic carbocycles. The van der Waals surface area contributed by atoms with Gasteiger partial charge in [0.2, 0.25) is 0 Å². The molecule has 3 nitrogen and oxygen atoms in total. The number of hydrogen-bond donors (Lipinski definition) is 2. The zero-order chi connectivity index (χ0) is 10.1. The Morgan fingerprint density at radius 2 is 2.00 bits per heavy atom. The van der Waals surface area contributed by atoms with Crippen LogP contribution in [0.5, 0.6) is 0 Å². The average molecular weight is 183 g/mol. The summed E-state index contributed by atoms with van der Waals surface area (Å²) in [6.07, 6.45) is 7.78. The molecule has 0 aliphatic heterocycles. The second kappa shape index (κ2) is 7.65. The maximum atomic E-state index is 5.19. The zero-order valence-electron chi connectivity index (χ0n) is 8.66. The van der Waals surface area contributed by atoms with Crippen molar-refractivity contribution in [2.45, 2.75) is 33.1 Å². The lowest BCUT2D eigenvalue weighted by atomic mass is 10.1.